The number of aryl methyl sites for hydroxylation is 1. The van der Waals surface area contributed by atoms with Gasteiger partial charge in [-0.05, 0) is 55.9 Å². The monoisotopic (exact) mass is 298 g/mol. The molecule has 0 spiro atoms. The fourth-order valence-corrected chi connectivity index (χ4v) is 3.82. The molecule has 1 aromatic carbocycles. The Hall–Kier alpha value is -1.11. The second-order valence-corrected chi connectivity index (χ2v) is 7.13. The summed E-state index contributed by atoms with van der Waals surface area (Å²) < 4.78 is 32.6. The van der Waals surface area contributed by atoms with Crippen LogP contribution in [0.4, 0.5) is 5.69 Å². The summed E-state index contributed by atoms with van der Waals surface area (Å²) in [6, 6.07) is 3.44. The average Bonchev–Trinajstić information content (AvgIpc) is 2.86. The van der Waals surface area contributed by atoms with E-state index in [1.165, 1.54) is 0 Å². The van der Waals surface area contributed by atoms with Crippen molar-refractivity contribution >= 4 is 15.7 Å². The van der Waals surface area contributed by atoms with E-state index in [1.807, 2.05) is 6.92 Å². The molecule has 1 saturated heterocycles. The lowest BCUT2D eigenvalue weighted by Gasteiger charge is -2.13. The summed E-state index contributed by atoms with van der Waals surface area (Å²) in [5.41, 5.74) is 7.80. The Morgan fingerprint density at radius 1 is 1.40 bits per heavy atom. The van der Waals surface area contributed by atoms with Crippen LogP contribution in [-0.4, -0.2) is 28.2 Å². The van der Waals surface area contributed by atoms with Crippen molar-refractivity contribution in [2.75, 3.05) is 25.5 Å². The topological polar surface area (TPSA) is 81.4 Å². The van der Waals surface area contributed by atoms with Crippen molar-refractivity contribution in [2.45, 2.75) is 31.6 Å². The third-order valence-electron chi connectivity index (χ3n) is 3.70. The normalized spacial score (nSPS) is 19.4. The number of nitrogens with one attached hydrogen (secondary N) is 1. The molecule has 0 radical (unpaired) electrons. The lowest BCUT2D eigenvalue weighted by molar-refractivity contribution is 0.184. The van der Waals surface area contributed by atoms with E-state index < -0.39 is 10.0 Å². The molecule has 0 aromatic heterocycles. The fraction of sp³-hybridized carbons (Fsp3) is 0.571. The molecule has 5 nitrogen and oxygen atoms in total. The van der Waals surface area contributed by atoms with Crippen molar-refractivity contribution in [1.29, 1.82) is 0 Å². The van der Waals surface area contributed by atoms with Crippen molar-refractivity contribution in [3.63, 3.8) is 0 Å². The van der Waals surface area contributed by atoms with Crippen molar-refractivity contribution in [2.24, 2.45) is 5.92 Å². The Labute approximate surface area is 120 Å². The highest BCUT2D eigenvalue weighted by molar-refractivity contribution is 7.89. The minimum Gasteiger partial charge on any atom is -0.398 e. The molecular formula is C14H22N2O3S. The summed E-state index contributed by atoms with van der Waals surface area (Å²) >= 11 is 0. The standard InChI is InChI=1S/C14H22N2O3S/c1-10-7-13(15)11(2)14(8-10)20(17,18)16-5-3-12-4-6-19-9-12/h7-8,12,16H,3-6,9,15H2,1-2H3. The van der Waals surface area contributed by atoms with Crippen LogP contribution in [0.1, 0.15) is 24.0 Å². The minimum absolute atomic E-state index is 0.276. The molecular weight excluding hydrogens is 276 g/mol. The van der Waals surface area contributed by atoms with Crippen molar-refractivity contribution in [3.8, 4) is 0 Å². The molecule has 1 fully saturated rings. The smallest absolute Gasteiger partial charge is 0.240 e. The maximum absolute atomic E-state index is 12.3. The molecule has 0 saturated carbocycles. The zero-order valence-corrected chi connectivity index (χ0v) is 12.8. The van der Waals surface area contributed by atoms with Gasteiger partial charge in [0.15, 0.2) is 0 Å². The molecule has 1 unspecified atom stereocenters. The molecule has 2 rings (SSSR count). The largest absolute Gasteiger partial charge is 0.398 e. The third-order valence-corrected chi connectivity index (χ3v) is 5.29. The van der Waals surface area contributed by atoms with Gasteiger partial charge in [-0.1, -0.05) is 0 Å². The average molecular weight is 298 g/mol. The molecule has 3 N–H and O–H groups in total. The SMILES string of the molecule is Cc1cc(N)c(C)c(S(=O)(=O)NCCC2CCOC2)c1. The van der Waals surface area contributed by atoms with E-state index in [-0.39, 0.29) is 4.90 Å². The number of hydrogen-bond acceptors (Lipinski definition) is 4. The predicted molar refractivity (Wildman–Crippen MR) is 79.1 cm³/mol. The highest BCUT2D eigenvalue weighted by atomic mass is 32.2. The van der Waals surface area contributed by atoms with Crippen LogP contribution in [0.15, 0.2) is 17.0 Å². The van der Waals surface area contributed by atoms with Crippen LogP contribution in [-0.2, 0) is 14.8 Å². The Kier molecular flexibility index (Phi) is 4.67. The highest BCUT2D eigenvalue weighted by Gasteiger charge is 2.20. The van der Waals surface area contributed by atoms with E-state index in [2.05, 4.69) is 4.72 Å². The summed E-state index contributed by atoms with van der Waals surface area (Å²) in [5, 5.41) is 0. The second-order valence-electron chi connectivity index (χ2n) is 5.39. The minimum atomic E-state index is -3.50. The molecule has 1 aliphatic rings. The molecule has 0 amide bonds. The van der Waals surface area contributed by atoms with Gasteiger partial charge in [-0.25, -0.2) is 13.1 Å². The van der Waals surface area contributed by atoms with Crippen LogP contribution >= 0.6 is 0 Å². The van der Waals surface area contributed by atoms with Gasteiger partial charge in [0.05, 0.1) is 4.90 Å². The number of hydrogen-bond donors (Lipinski definition) is 2. The Morgan fingerprint density at radius 3 is 2.80 bits per heavy atom. The van der Waals surface area contributed by atoms with E-state index in [4.69, 9.17) is 10.5 Å². The van der Waals surface area contributed by atoms with Crippen LogP contribution in [0.3, 0.4) is 0 Å². The van der Waals surface area contributed by atoms with Gasteiger partial charge in [0.25, 0.3) is 0 Å². The van der Waals surface area contributed by atoms with Gasteiger partial charge in [-0.15, -0.1) is 0 Å². The van der Waals surface area contributed by atoms with E-state index in [9.17, 15) is 8.42 Å². The molecule has 1 atom stereocenters. The first-order chi connectivity index (χ1) is 9.40. The van der Waals surface area contributed by atoms with Crippen molar-refractivity contribution < 1.29 is 13.2 Å². The summed E-state index contributed by atoms with van der Waals surface area (Å²) in [4.78, 5) is 0.276. The summed E-state index contributed by atoms with van der Waals surface area (Å²) in [6.45, 7) is 5.52. The van der Waals surface area contributed by atoms with Crippen molar-refractivity contribution in [3.05, 3.63) is 23.3 Å². The first kappa shape index (κ1) is 15.3. The first-order valence-electron chi connectivity index (χ1n) is 6.84. The molecule has 1 aromatic rings. The Bertz CT molecular complexity index is 578. The van der Waals surface area contributed by atoms with Gasteiger partial charge in [0.1, 0.15) is 0 Å². The number of anilines is 1. The predicted octanol–water partition coefficient (Wildman–Crippen LogP) is 1.59. The number of nitrogens with two attached hydrogens (primary N) is 1. The second kappa shape index (κ2) is 6.11. The van der Waals surface area contributed by atoms with Crippen LogP contribution in [0.5, 0.6) is 0 Å². The van der Waals surface area contributed by atoms with E-state index >= 15 is 0 Å². The van der Waals surface area contributed by atoms with Gasteiger partial charge < -0.3 is 10.5 Å². The molecule has 1 heterocycles. The van der Waals surface area contributed by atoms with E-state index in [1.54, 1.807) is 19.1 Å². The fourth-order valence-electron chi connectivity index (χ4n) is 2.42. The number of sulfonamides is 1. The van der Waals surface area contributed by atoms with Gasteiger partial charge in [0, 0.05) is 25.4 Å². The number of rotatable bonds is 5. The quantitative estimate of drug-likeness (QED) is 0.809. The zero-order chi connectivity index (χ0) is 14.8. The van der Waals surface area contributed by atoms with Crippen LogP contribution in [0.2, 0.25) is 0 Å². The summed E-state index contributed by atoms with van der Waals surface area (Å²) in [5.74, 6) is 0.460. The molecule has 0 bridgehead atoms. The molecule has 20 heavy (non-hydrogen) atoms. The van der Waals surface area contributed by atoms with E-state index in [0.29, 0.717) is 23.7 Å². The zero-order valence-electron chi connectivity index (χ0n) is 12.0. The highest BCUT2D eigenvalue weighted by Crippen LogP contribution is 2.23. The van der Waals surface area contributed by atoms with Crippen LogP contribution in [0, 0.1) is 19.8 Å². The first-order valence-corrected chi connectivity index (χ1v) is 8.32. The molecule has 6 heteroatoms. The lowest BCUT2D eigenvalue weighted by atomic mass is 10.1. The van der Waals surface area contributed by atoms with Gasteiger partial charge in [0.2, 0.25) is 10.0 Å². The Balaban J connectivity index is 2.06. The Morgan fingerprint density at radius 2 is 2.15 bits per heavy atom. The van der Waals surface area contributed by atoms with Gasteiger partial charge in [-0.2, -0.15) is 0 Å². The molecule has 0 aliphatic carbocycles. The van der Waals surface area contributed by atoms with Crippen molar-refractivity contribution in [1.82, 2.24) is 4.72 Å². The number of nitrogen functional groups attached to an aromatic ring is 1. The van der Waals surface area contributed by atoms with Crippen LogP contribution in [0.25, 0.3) is 0 Å². The lowest BCUT2D eigenvalue weighted by Crippen LogP contribution is -2.27. The van der Waals surface area contributed by atoms with E-state index in [0.717, 1.165) is 31.6 Å². The van der Waals surface area contributed by atoms with Gasteiger partial charge in [-0.3, -0.25) is 0 Å². The molecule has 1 aliphatic heterocycles. The molecule has 112 valence electrons. The maximum Gasteiger partial charge on any atom is 0.240 e. The third kappa shape index (κ3) is 3.50. The van der Waals surface area contributed by atoms with Crippen LogP contribution < -0.4 is 10.5 Å². The summed E-state index contributed by atoms with van der Waals surface area (Å²) in [7, 11) is -3.50. The van der Waals surface area contributed by atoms with Gasteiger partial charge >= 0.3 is 0 Å². The number of ether oxygens (including phenoxy) is 1. The maximum atomic E-state index is 12.3. The summed E-state index contributed by atoms with van der Waals surface area (Å²) in [6.07, 6.45) is 1.82. The number of benzene rings is 1.